The molecule has 2 aromatic carbocycles. The fourth-order valence-electron chi connectivity index (χ4n) is 2.51. The van der Waals surface area contributed by atoms with E-state index in [9.17, 15) is 0 Å². The van der Waals surface area contributed by atoms with Crippen LogP contribution in [0.5, 0.6) is 0 Å². The highest BCUT2D eigenvalue weighted by atomic mass is 14.8. The lowest BCUT2D eigenvalue weighted by molar-refractivity contribution is 0.586. The minimum Gasteiger partial charge on any atom is -0.392 e. The first-order valence-electron chi connectivity index (χ1n) is 8.21. The van der Waals surface area contributed by atoms with Gasteiger partial charge in [-0.3, -0.25) is 0 Å². The van der Waals surface area contributed by atoms with Gasteiger partial charge in [-0.2, -0.15) is 0 Å². The Morgan fingerprint density at radius 2 is 1.57 bits per heavy atom. The van der Waals surface area contributed by atoms with E-state index in [4.69, 9.17) is 0 Å². The van der Waals surface area contributed by atoms with Gasteiger partial charge in [-0.1, -0.05) is 75.9 Å². The largest absolute Gasteiger partial charge is 0.392 e. The van der Waals surface area contributed by atoms with Crippen LogP contribution in [0, 0.1) is 6.92 Å². The van der Waals surface area contributed by atoms with E-state index in [1.807, 2.05) is 14.0 Å². The Balaban J connectivity index is 0.000000463. The highest BCUT2D eigenvalue weighted by Crippen LogP contribution is 2.26. The average Bonchev–Trinajstić information content (AvgIpc) is 2.47. The van der Waals surface area contributed by atoms with Crippen molar-refractivity contribution in [3.05, 3.63) is 83.1 Å². The molecule has 0 aliphatic carbocycles. The maximum absolute atomic E-state index is 3.56. The number of nitrogens with one attached hydrogen (secondary N) is 1. The third kappa shape index (κ3) is 6.73. The van der Waals surface area contributed by atoms with Gasteiger partial charge in [0, 0.05) is 7.05 Å². The first-order valence-corrected chi connectivity index (χ1v) is 8.21. The fourth-order valence-corrected chi connectivity index (χ4v) is 2.51. The van der Waals surface area contributed by atoms with Crippen LogP contribution in [0.1, 0.15) is 49.9 Å². The van der Waals surface area contributed by atoms with Gasteiger partial charge in [0.25, 0.3) is 0 Å². The monoisotopic (exact) mass is 309 g/mol. The number of benzene rings is 2. The normalized spacial score (nSPS) is 10.5. The summed E-state index contributed by atoms with van der Waals surface area (Å²) in [5.74, 6) is 0. The summed E-state index contributed by atoms with van der Waals surface area (Å²) in [6.45, 7) is 14.5. The molecule has 23 heavy (non-hydrogen) atoms. The van der Waals surface area contributed by atoms with Crippen LogP contribution in [0.25, 0.3) is 0 Å². The van der Waals surface area contributed by atoms with Gasteiger partial charge in [0.15, 0.2) is 0 Å². The van der Waals surface area contributed by atoms with Crippen LogP contribution in [0.4, 0.5) is 0 Å². The van der Waals surface area contributed by atoms with Gasteiger partial charge in [0.1, 0.15) is 0 Å². The van der Waals surface area contributed by atoms with Gasteiger partial charge in [0.05, 0.1) is 0 Å². The van der Waals surface area contributed by atoms with E-state index in [1.54, 1.807) is 0 Å². The minimum absolute atomic E-state index is 0.232. The maximum Gasteiger partial charge on any atom is 0.00299 e. The topological polar surface area (TPSA) is 12.0 Å². The molecule has 1 heteroatoms. The molecule has 0 aromatic heterocycles. The van der Waals surface area contributed by atoms with E-state index in [0.29, 0.717) is 0 Å². The molecule has 0 amide bonds. The lowest BCUT2D eigenvalue weighted by atomic mass is 9.83. The molecule has 124 valence electrons. The fraction of sp³-hybridized carbons (Fsp3) is 0.364. The first-order chi connectivity index (χ1) is 10.7. The Kier molecular flexibility index (Phi) is 7.09. The van der Waals surface area contributed by atoms with Crippen LogP contribution in [0.2, 0.25) is 0 Å². The molecule has 1 N–H and O–H groups in total. The molecule has 0 bridgehead atoms. The Labute approximate surface area is 142 Å². The van der Waals surface area contributed by atoms with Crippen LogP contribution in [-0.4, -0.2) is 7.05 Å². The maximum atomic E-state index is 3.56. The first kappa shape index (κ1) is 19.0. The SMILES string of the molecule is C=C(C)NC.Cc1cc(Cc2ccccc2)ccc1C(C)(C)C. The number of hydrogen-bond donors (Lipinski definition) is 1. The summed E-state index contributed by atoms with van der Waals surface area (Å²) in [6, 6.07) is 17.5. The predicted molar refractivity (Wildman–Crippen MR) is 103 cm³/mol. The molecule has 0 spiro atoms. The third-order valence-corrected chi connectivity index (χ3v) is 3.78. The molecule has 0 saturated heterocycles. The van der Waals surface area contributed by atoms with Crippen LogP contribution in [0.15, 0.2) is 60.8 Å². The van der Waals surface area contributed by atoms with Gasteiger partial charge in [-0.25, -0.2) is 0 Å². The van der Waals surface area contributed by atoms with E-state index < -0.39 is 0 Å². The van der Waals surface area contributed by atoms with Crippen molar-refractivity contribution in [3.8, 4) is 0 Å². The van der Waals surface area contributed by atoms with Gasteiger partial charge in [-0.05, 0) is 53.6 Å². The molecular weight excluding hydrogens is 278 g/mol. The quantitative estimate of drug-likeness (QED) is 0.775. The summed E-state index contributed by atoms with van der Waals surface area (Å²) < 4.78 is 0. The van der Waals surface area contributed by atoms with Crippen molar-refractivity contribution in [2.75, 3.05) is 7.05 Å². The molecule has 0 aliphatic heterocycles. The Bertz CT molecular complexity index is 618. The number of hydrogen-bond acceptors (Lipinski definition) is 1. The predicted octanol–water partition coefficient (Wildman–Crippen LogP) is 5.62. The molecule has 0 aliphatic rings. The molecule has 0 unspecified atom stereocenters. The van der Waals surface area contributed by atoms with Crippen molar-refractivity contribution in [1.29, 1.82) is 0 Å². The van der Waals surface area contributed by atoms with Gasteiger partial charge in [-0.15, -0.1) is 0 Å². The van der Waals surface area contributed by atoms with E-state index in [-0.39, 0.29) is 5.41 Å². The number of aryl methyl sites for hydroxylation is 1. The number of allylic oxidation sites excluding steroid dienone is 1. The van der Waals surface area contributed by atoms with Gasteiger partial charge < -0.3 is 5.32 Å². The summed E-state index contributed by atoms with van der Waals surface area (Å²) in [4.78, 5) is 0. The molecule has 1 nitrogen and oxygen atoms in total. The molecule has 0 heterocycles. The van der Waals surface area contributed by atoms with Crippen LogP contribution in [0.3, 0.4) is 0 Å². The van der Waals surface area contributed by atoms with Crippen LogP contribution in [-0.2, 0) is 11.8 Å². The Morgan fingerprint density at radius 3 is 2.00 bits per heavy atom. The smallest absolute Gasteiger partial charge is 0.00299 e. The van der Waals surface area contributed by atoms with Crippen LogP contribution >= 0.6 is 0 Å². The van der Waals surface area contributed by atoms with Crippen molar-refractivity contribution >= 4 is 0 Å². The summed E-state index contributed by atoms with van der Waals surface area (Å²) in [6.07, 6.45) is 1.02. The lowest BCUT2D eigenvalue weighted by Gasteiger charge is -2.22. The summed E-state index contributed by atoms with van der Waals surface area (Å²) >= 11 is 0. The van der Waals surface area contributed by atoms with E-state index >= 15 is 0 Å². The van der Waals surface area contributed by atoms with Crippen molar-refractivity contribution in [2.24, 2.45) is 0 Å². The average molecular weight is 309 g/mol. The zero-order valence-corrected chi connectivity index (χ0v) is 15.5. The van der Waals surface area contributed by atoms with Crippen LogP contribution < -0.4 is 5.32 Å². The standard InChI is InChI=1S/C18H22.C4H9N/c1-14-12-16(10-11-17(14)18(2,3)4)13-15-8-6-5-7-9-15;1-4(2)5-3/h5-12H,13H2,1-4H3;5H,1H2,2-3H3. The second-order valence-corrected chi connectivity index (χ2v) is 7.09. The van der Waals surface area contributed by atoms with Crippen molar-refractivity contribution in [3.63, 3.8) is 0 Å². The third-order valence-electron chi connectivity index (χ3n) is 3.78. The van der Waals surface area contributed by atoms with E-state index in [2.05, 4.69) is 88.1 Å². The lowest BCUT2D eigenvalue weighted by Crippen LogP contribution is -2.13. The molecule has 2 rings (SSSR count). The van der Waals surface area contributed by atoms with E-state index in [1.165, 1.54) is 22.3 Å². The highest BCUT2D eigenvalue weighted by Gasteiger charge is 2.15. The summed E-state index contributed by atoms with van der Waals surface area (Å²) in [5, 5.41) is 2.83. The van der Waals surface area contributed by atoms with Crippen molar-refractivity contribution < 1.29 is 0 Å². The second kappa shape index (κ2) is 8.57. The molecule has 0 atom stereocenters. The minimum atomic E-state index is 0.232. The number of rotatable bonds is 3. The highest BCUT2D eigenvalue weighted by molar-refractivity contribution is 5.37. The molecule has 0 saturated carbocycles. The van der Waals surface area contributed by atoms with Crippen molar-refractivity contribution in [2.45, 2.75) is 46.5 Å². The zero-order chi connectivity index (χ0) is 17.5. The molecular formula is C22H31N. The molecule has 2 aromatic rings. The van der Waals surface area contributed by atoms with E-state index in [0.717, 1.165) is 12.1 Å². The van der Waals surface area contributed by atoms with Crippen molar-refractivity contribution in [1.82, 2.24) is 5.32 Å². The van der Waals surface area contributed by atoms with Gasteiger partial charge >= 0.3 is 0 Å². The second-order valence-electron chi connectivity index (χ2n) is 7.09. The Morgan fingerprint density at radius 1 is 1.00 bits per heavy atom. The zero-order valence-electron chi connectivity index (χ0n) is 15.5. The van der Waals surface area contributed by atoms with Gasteiger partial charge in [0.2, 0.25) is 0 Å². The Hall–Kier alpha value is -2.02. The summed E-state index contributed by atoms with van der Waals surface area (Å²) in [5.41, 5.74) is 6.85. The molecule has 0 fully saturated rings. The summed E-state index contributed by atoms with van der Waals surface area (Å²) in [7, 11) is 1.85. The molecule has 0 radical (unpaired) electrons.